The summed E-state index contributed by atoms with van der Waals surface area (Å²) in [5.74, 6) is -0.842. The summed E-state index contributed by atoms with van der Waals surface area (Å²) in [6, 6.07) is 8.60. The fraction of sp³-hybridized carbons (Fsp3) is 0.409. The van der Waals surface area contributed by atoms with Crippen molar-refractivity contribution in [3.8, 4) is 0 Å². The second-order valence-electron chi connectivity index (χ2n) is 7.44. The van der Waals surface area contributed by atoms with Gasteiger partial charge in [-0.2, -0.15) is 0 Å². The van der Waals surface area contributed by atoms with Crippen molar-refractivity contribution in [2.75, 3.05) is 31.2 Å². The minimum atomic E-state index is -0.301. The number of nitrogens with one attached hydrogen (secondary N) is 2. The summed E-state index contributed by atoms with van der Waals surface area (Å²) in [6.45, 7) is 3.18. The second-order valence-corrected chi connectivity index (χ2v) is 7.44. The van der Waals surface area contributed by atoms with Crippen LogP contribution in [0.3, 0.4) is 0 Å². The van der Waals surface area contributed by atoms with Crippen molar-refractivity contribution in [2.45, 2.75) is 32.4 Å². The maximum absolute atomic E-state index is 14.2. The molecule has 1 aromatic carbocycles. The first-order valence-electron chi connectivity index (χ1n) is 10.0. The van der Waals surface area contributed by atoms with Gasteiger partial charge in [0.05, 0.1) is 5.69 Å². The first-order chi connectivity index (χ1) is 14.5. The molecule has 30 heavy (non-hydrogen) atoms. The Bertz CT molecular complexity index is 863. The van der Waals surface area contributed by atoms with E-state index in [1.807, 2.05) is 24.0 Å². The fourth-order valence-electron chi connectivity index (χ4n) is 3.44. The van der Waals surface area contributed by atoms with E-state index in [0.29, 0.717) is 18.8 Å². The number of aryl methyl sites for hydroxylation is 1. The molecule has 2 N–H and O–H groups in total. The molecule has 2 heterocycles. The summed E-state index contributed by atoms with van der Waals surface area (Å²) >= 11 is 0. The molecule has 2 aromatic rings. The minimum Gasteiger partial charge on any atom is -0.367 e. The Morgan fingerprint density at radius 1 is 1.27 bits per heavy atom. The number of rotatable bonds is 8. The molecule has 3 rings (SSSR count). The lowest BCUT2D eigenvalue weighted by molar-refractivity contribution is -0.131. The van der Waals surface area contributed by atoms with Crippen LogP contribution in [-0.4, -0.2) is 49.1 Å². The van der Waals surface area contributed by atoms with Crippen LogP contribution in [-0.2, 0) is 20.9 Å². The predicted molar refractivity (Wildman–Crippen MR) is 111 cm³/mol. The number of amides is 2. The number of nitrogens with zero attached hydrogens (tertiary/aromatic N) is 2. The summed E-state index contributed by atoms with van der Waals surface area (Å²) < 4.78 is 19.4. The SMILES string of the molecule is Cc1ccc(F)c(N2CCCC(NC(=O)COCC(=O)NCc3cccnc3)C2)c1. The van der Waals surface area contributed by atoms with Crippen molar-refractivity contribution in [1.82, 2.24) is 15.6 Å². The molecule has 0 radical (unpaired) electrons. The number of hydrogen-bond donors (Lipinski definition) is 2. The van der Waals surface area contributed by atoms with E-state index in [2.05, 4.69) is 15.6 Å². The zero-order valence-corrected chi connectivity index (χ0v) is 17.1. The van der Waals surface area contributed by atoms with Crippen LogP contribution in [0, 0.1) is 12.7 Å². The summed E-state index contributed by atoms with van der Waals surface area (Å²) in [5, 5.41) is 5.63. The van der Waals surface area contributed by atoms with E-state index in [9.17, 15) is 14.0 Å². The molecule has 1 atom stereocenters. The van der Waals surface area contributed by atoms with E-state index in [1.165, 1.54) is 6.07 Å². The van der Waals surface area contributed by atoms with Gasteiger partial charge < -0.3 is 20.3 Å². The Morgan fingerprint density at radius 3 is 2.90 bits per heavy atom. The number of hydrogen-bond acceptors (Lipinski definition) is 5. The molecule has 0 aliphatic carbocycles. The number of benzene rings is 1. The highest BCUT2D eigenvalue weighted by Gasteiger charge is 2.23. The zero-order chi connectivity index (χ0) is 21.3. The van der Waals surface area contributed by atoms with E-state index in [-0.39, 0.29) is 36.9 Å². The van der Waals surface area contributed by atoms with Gasteiger partial charge in [0, 0.05) is 38.1 Å². The quantitative estimate of drug-likeness (QED) is 0.690. The van der Waals surface area contributed by atoms with Gasteiger partial charge in [0.1, 0.15) is 19.0 Å². The van der Waals surface area contributed by atoms with Crippen molar-refractivity contribution in [1.29, 1.82) is 0 Å². The number of anilines is 1. The average Bonchev–Trinajstić information content (AvgIpc) is 2.75. The van der Waals surface area contributed by atoms with Crippen LogP contribution >= 0.6 is 0 Å². The number of piperidine rings is 1. The van der Waals surface area contributed by atoms with Gasteiger partial charge in [-0.15, -0.1) is 0 Å². The molecule has 1 aliphatic rings. The van der Waals surface area contributed by atoms with E-state index < -0.39 is 0 Å². The molecule has 0 spiro atoms. The number of halogens is 1. The van der Waals surface area contributed by atoms with Gasteiger partial charge in [-0.1, -0.05) is 12.1 Å². The third kappa shape index (κ3) is 6.52. The molecule has 1 fully saturated rings. The smallest absolute Gasteiger partial charge is 0.246 e. The molecule has 0 bridgehead atoms. The number of pyridine rings is 1. The first kappa shape index (κ1) is 21.7. The Labute approximate surface area is 175 Å². The molecule has 160 valence electrons. The van der Waals surface area contributed by atoms with Crippen LogP contribution in [0.15, 0.2) is 42.7 Å². The van der Waals surface area contributed by atoms with Crippen LogP contribution in [0.1, 0.15) is 24.0 Å². The van der Waals surface area contributed by atoms with E-state index in [1.54, 1.807) is 24.5 Å². The summed E-state index contributed by atoms with van der Waals surface area (Å²) in [7, 11) is 0. The van der Waals surface area contributed by atoms with Gasteiger partial charge in [-0.05, 0) is 49.1 Å². The molecular weight excluding hydrogens is 387 g/mol. The van der Waals surface area contributed by atoms with Gasteiger partial charge in [0.25, 0.3) is 0 Å². The lowest BCUT2D eigenvalue weighted by Crippen LogP contribution is -2.49. The predicted octanol–water partition coefficient (Wildman–Crippen LogP) is 1.95. The van der Waals surface area contributed by atoms with Crippen molar-refractivity contribution < 1.29 is 18.7 Å². The third-order valence-corrected chi connectivity index (χ3v) is 4.91. The van der Waals surface area contributed by atoms with Crippen LogP contribution < -0.4 is 15.5 Å². The van der Waals surface area contributed by atoms with E-state index in [4.69, 9.17) is 4.74 Å². The molecule has 1 saturated heterocycles. The van der Waals surface area contributed by atoms with E-state index in [0.717, 1.165) is 30.5 Å². The third-order valence-electron chi connectivity index (χ3n) is 4.91. The molecule has 1 unspecified atom stereocenters. The van der Waals surface area contributed by atoms with Gasteiger partial charge >= 0.3 is 0 Å². The summed E-state index contributed by atoms with van der Waals surface area (Å²) in [4.78, 5) is 29.9. The van der Waals surface area contributed by atoms with Crippen molar-refractivity contribution in [3.05, 3.63) is 59.7 Å². The zero-order valence-electron chi connectivity index (χ0n) is 17.1. The van der Waals surface area contributed by atoms with E-state index >= 15 is 0 Å². The van der Waals surface area contributed by atoms with Crippen LogP contribution in [0.25, 0.3) is 0 Å². The molecule has 7 nitrogen and oxygen atoms in total. The van der Waals surface area contributed by atoms with Gasteiger partial charge in [-0.25, -0.2) is 4.39 Å². The van der Waals surface area contributed by atoms with Crippen molar-refractivity contribution >= 4 is 17.5 Å². The molecule has 8 heteroatoms. The molecule has 1 aromatic heterocycles. The van der Waals surface area contributed by atoms with Crippen molar-refractivity contribution in [3.63, 3.8) is 0 Å². The highest BCUT2D eigenvalue weighted by Crippen LogP contribution is 2.24. The second kappa shape index (κ2) is 10.7. The Morgan fingerprint density at radius 2 is 2.10 bits per heavy atom. The molecule has 0 saturated carbocycles. The molecule has 1 aliphatic heterocycles. The maximum Gasteiger partial charge on any atom is 0.246 e. The van der Waals surface area contributed by atoms with Gasteiger partial charge in [0.2, 0.25) is 11.8 Å². The van der Waals surface area contributed by atoms with Gasteiger partial charge in [-0.3, -0.25) is 14.6 Å². The highest BCUT2D eigenvalue weighted by molar-refractivity contribution is 5.79. The molecule has 2 amide bonds. The lowest BCUT2D eigenvalue weighted by atomic mass is 10.0. The molecular formula is C22H27FN4O3. The minimum absolute atomic E-state index is 0.0887. The number of carbonyl (C=O) groups is 2. The normalized spacial score (nSPS) is 16.2. The van der Waals surface area contributed by atoms with Crippen LogP contribution in [0.2, 0.25) is 0 Å². The van der Waals surface area contributed by atoms with Crippen LogP contribution in [0.4, 0.5) is 10.1 Å². The number of aromatic nitrogens is 1. The summed E-state index contributed by atoms with van der Waals surface area (Å²) in [5.41, 5.74) is 2.44. The lowest BCUT2D eigenvalue weighted by Gasteiger charge is -2.35. The maximum atomic E-state index is 14.2. The first-order valence-corrected chi connectivity index (χ1v) is 10.0. The highest BCUT2D eigenvalue weighted by atomic mass is 19.1. The average molecular weight is 414 g/mol. The largest absolute Gasteiger partial charge is 0.367 e. The Kier molecular flexibility index (Phi) is 7.73. The monoisotopic (exact) mass is 414 g/mol. The topological polar surface area (TPSA) is 83.6 Å². The van der Waals surface area contributed by atoms with Crippen molar-refractivity contribution in [2.24, 2.45) is 0 Å². The number of ether oxygens (including phenoxy) is 1. The van der Waals surface area contributed by atoms with Gasteiger partial charge in [0.15, 0.2) is 0 Å². The standard InChI is InChI=1S/C22H27FN4O3/c1-16-6-7-19(23)20(10-16)27-9-3-5-18(13-27)26-22(29)15-30-14-21(28)25-12-17-4-2-8-24-11-17/h2,4,6-8,10-11,18H,3,5,9,12-15H2,1H3,(H,25,28)(H,26,29). The Balaban J connectivity index is 1.38. The summed E-state index contributed by atoms with van der Waals surface area (Å²) in [6.07, 6.45) is 5.01. The number of carbonyl (C=O) groups excluding carboxylic acids is 2. The fourth-order valence-corrected chi connectivity index (χ4v) is 3.44. The Hall–Kier alpha value is -3.00. The van der Waals surface area contributed by atoms with Crippen LogP contribution in [0.5, 0.6) is 0 Å².